The van der Waals surface area contributed by atoms with Gasteiger partial charge in [0, 0.05) is 12.2 Å². The molecule has 140 valence electrons. The highest BCUT2D eigenvalue weighted by Gasteiger charge is 2.49. The standard InChI is InChI=1S/C19H31N3O3/c1-13-16(21-12-11-14-7-9-15(20)10-8-14)22(19(5,6)24-13)17(23)25-18(2,3)4/h7-10,13,16,21H,11-12,20H2,1-6H3/t13-,16?/m1/s1. The van der Waals surface area contributed by atoms with Gasteiger partial charge in [0.05, 0.1) is 6.10 Å². The van der Waals surface area contributed by atoms with Crippen molar-refractivity contribution in [3.8, 4) is 0 Å². The van der Waals surface area contributed by atoms with Crippen molar-refractivity contribution in [3.05, 3.63) is 29.8 Å². The number of nitrogens with two attached hydrogens (primary N) is 1. The number of ether oxygens (including phenoxy) is 2. The summed E-state index contributed by atoms with van der Waals surface area (Å²) in [6.07, 6.45) is 0.103. The average Bonchev–Trinajstić information content (AvgIpc) is 2.68. The van der Waals surface area contributed by atoms with E-state index in [1.165, 1.54) is 5.56 Å². The van der Waals surface area contributed by atoms with Gasteiger partial charge in [0.2, 0.25) is 0 Å². The van der Waals surface area contributed by atoms with E-state index in [1.807, 2.05) is 65.8 Å². The van der Waals surface area contributed by atoms with E-state index in [-0.39, 0.29) is 18.4 Å². The Morgan fingerprint density at radius 2 is 1.92 bits per heavy atom. The molecule has 3 N–H and O–H groups in total. The van der Waals surface area contributed by atoms with Gasteiger partial charge in [0.25, 0.3) is 0 Å². The summed E-state index contributed by atoms with van der Waals surface area (Å²) >= 11 is 0. The van der Waals surface area contributed by atoms with E-state index in [2.05, 4.69) is 5.32 Å². The van der Waals surface area contributed by atoms with Gasteiger partial charge in [-0.1, -0.05) is 12.1 Å². The fraction of sp³-hybridized carbons (Fsp3) is 0.632. The van der Waals surface area contributed by atoms with Crippen molar-refractivity contribution in [2.75, 3.05) is 12.3 Å². The highest BCUT2D eigenvalue weighted by molar-refractivity contribution is 5.69. The van der Waals surface area contributed by atoms with Crippen LogP contribution >= 0.6 is 0 Å². The Balaban J connectivity index is 2.02. The van der Waals surface area contributed by atoms with Crippen molar-refractivity contribution in [1.82, 2.24) is 10.2 Å². The number of benzene rings is 1. The van der Waals surface area contributed by atoms with Crippen molar-refractivity contribution < 1.29 is 14.3 Å². The molecule has 1 unspecified atom stereocenters. The molecule has 1 aliphatic heterocycles. The van der Waals surface area contributed by atoms with Gasteiger partial charge in [-0.15, -0.1) is 0 Å². The lowest BCUT2D eigenvalue weighted by Gasteiger charge is -2.35. The second kappa shape index (κ2) is 7.22. The van der Waals surface area contributed by atoms with Crippen LogP contribution in [0.4, 0.5) is 10.5 Å². The van der Waals surface area contributed by atoms with E-state index >= 15 is 0 Å². The first-order valence-electron chi connectivity index (χ1n) is 8.77. The van der Waals surface area contributed by atoms with E-state index in [1.54, 1.807) is 4.90 Å². The molecule has 1 aliphatic rings. The van der Waals surface area contributed by atoms with Crippen molar-refractivity contribution in [2.24, 2.45) is 0 Å². The van der Waals surface area contributed by atoms with Gasteiger partial charge in [0.1, 0.15) is 17.5 Å². The molecule has 25 heavy (non-hydrogen) atoms. The molecule has 0 saturated carbocycles. The van der Waals surface area contributed by atoms with Crippen LogP contribution in [-0.4, -0.2) is 41.1 Å². The molecule has 2 rings (SSSR count). The summed E-state index contributed by atoms with van der Waals surface area (Å²) < 4.78 is 11.5. The molecular formula is C19H31N3O3. The molecule has 1 fully saturated rings. The lowest BCUT2D eigenvalue weighted by molar-refractivity contribution is -0.0759. The average molecular weight is 349 g/mol. The maximum atomic E-state index is 12.7. The summed E-state index contributed by atoms with van der Waals surface area (Å²) in [5.74, 6) is 0. The summed E-state index contributed by atoms with van der Waals surface area (Å²) in [5, 5.41) is 3.44. The highest BCUT2D eigenvalue weighted by Crippen LogP contribution is 2.32. The SMILES string of the molecule is C[C@H]1OC(C)(C)N(C(=O)OC(C)(C)C)C1NCCc1ccc(N)cc1. The van der Waals surface area contributed by atoms with E-state index in [4.69, 9.17) is 15.2 Å². The molecule has 0 spiro atoms. The van der Waals surface area contributed by atoms with Gasteiger partial charge in [0.15, 0.2) is 0 Å². The third-order valence-electron chi connectivity index (χ3n) is 4.11. The highest BCUT2D eigenvalue weighted by atomic mass is 16.6. The van der Waals surface area contributed by atoms with Crippen LogP contribution in [0.5, 0.6) is 0 Å². The van der Waals surface area contributed by atoms with Gasteiger partial charge in [-0.25, -0.2) is 4.79 Å². The zero-order valence-electron chi connectivity index (χ0n) is 16.1. The van der Waals surface area contributed by atoms with Crippen LogP contribution in [-0.2, 0) is 15.9 Å². The maximum absolute atomic E-state index is 12.7. The number of hydrogen-bond acceptors (Lipinski definition) is 5. The number of carbonyl (C=O) groups is 1. The monoisotopic (exact) mass is 349 g/mol. The van der Waals surface area contributed by atoms with Crippen molar-refractivity contribution in [1.29, 1.82) is 0 Å². The smallest absolute Gasteiger partial charge is 0.413 e. The Bertz CT molecular complexity index is 593. The fourth-order valence-corrected chi connectivity index (χ4v) is 3.07. The molecule has 1 saturated heterocycles. The molecule has 1 heterocycles. The van der Waals surface area contributed by atoms with Gasteiger partial charge < -0.3 is 15.2 Å². The van der Waals surface area contributed by atoms with Crippen LogP contribution in [0.25, 0.3) is 0 Å². The summed E-state index contributed by atoms with van der Waals surface area (Å²) in [5.41, 5.74) is 6.39. The second-order valence-corrected chi connectivity index (χ2v) is 8.01. The minimum Gasteiger partial charge on any atom is -0.444 e. The largest absolute Gasteiger partial charge is 0.444 e. The van der Waals surface area contributed by atoms with E-state index in [0.29, 0.717) is 0 Å². The van der Waals surface area contributed by atoms with Crippen LogP contribution in [0, 0.1) is 0 Å². The molecule has 6 heteroatoms. The summed E-state index contributed by atoms with van der Waals surface area (Å²) in [4.78, 5) is 14.3. The topological polar surface area (TPSA) is 76.8 Å². The molecule has 0 bridgehead atoms. The molecule has 1 aromatic carbocycles. The number of nitrogens with zero attached hydrogens (tertiary/aromatic N) is 1. The second-order valence-electron chi connectivity index (χ2n) is 8.01. The first-order valence-corrected chi connectivity index (χ1v) is 8.77. The number of rotatable bonds is 4. The molecule has 1 aromatic rings. The Hall–Kier alpha value is -1.79. The minimum absolute atomic E-state index is 0.131. The normalized spacial score (nSPS) is 22.9. The van der Waals surface area contributed by atoms with Gasteiger partial charge in [-0.3, -0.25) is 10.2 Å². The first kappa shape index (κ1) is 19.5. The number of hydrogen-bond donors (Lipinski definition) is 2. The molecule has 0 aromatic heterocycles. The Labute approximate surface area is 150 Å². The van der Waals surface area contributed by atoms with Crippen molar-refractivity contribution in [2.45, 2.75) is 71.6 Å². The molecule has 0 aliphatic carbocycles. The third kappa shape index (κ3) is 5.09. The van der Waals surface area contributed by atoms with E-state index < -0.39 is 11.3 Å². The molecular weight excluding hydrogens is 318 g/mol. The minimum atomic E-state index is -0.722. The summed E-state index contributed by atoms with van der Waals surface area (Å²) in [7, 11) is 0. The first-order chi connectivity index (χ1) is 11.5. The maximum Gasteiger partial charge on any atom is 0.413 e. The number of nitrogens with one attached hydrogen (secondary N) is 1. The van der Waals surface area contributed by atoms with Crippen molar-refractivity contribution >= 4 is 11.8 Å². The van der Waals surface area contributed by atoms with Crippen LogP contribution in [0.2, 0.25) is 0 Å². The van der Waals surface area contributed by atoms with E-state index in [0.717, 1.165) is 18.7 Å². The van der Waals surface area contributed by atoms with Crippen LogP contribution < -0.4 is 11.1 Å². The number of anilines is 1. The van der Waals surface area contributed by atoms with Crippen LogP contribution in [0.3, 0.4) is 0 Å². The number of carbonyl (C=O) groups excluding carboxylic acids is 1. The quantitative estimate of drug-likeness (QED) is 0.817. The lowest BCUT2D eigenvalue weighted by Crippen LogP contribution is -2.55. The number of nitrogen functional groups attached to an aromatic ring is 1. The van der Waals surface area contributed by atoms with Crippen LogP contribution in [0.15, 0.2) is 24.3 Å². The zero-order valence-corrected chi connectivity index (χ0v) is 16.1. The summed E-state index contributed by atoms with van der Waals surface area (Å²) in [6, 6.07) is 7.82. The third-order valence-corrected chi connectivity index (χ3v) is 4.11. The van der Waals surface area contributed by atoms with Crippen molar-refractivity contribution in [3.63, 3.8) is 0 Å². The van der Waals surface area contributed by atoms with Crippen LogP contribution in [0.1, 0.15) is 47.1 Å². The fourth-order valence-electron chi connectivity index (χ4n) is 3.07. The van der Waals surface area contributed by atoms with Gasteiger partial charge >= 0.3 is 6.09 Å². The summed E-state index contributed by atoms with van der Waals surface area (Å²) in [6.45, 7) is 12.0. The zero-order chi connectivity index (χ0) is 18.8. The predicted molar refractivity (Wildman–Crippen MR) is 99.0 cm³/mol. The lowest BCUT2D eigenvalue weighted by atomic mass is 10.1. The molecule has 2 atom stereocenters. The van der Waals surface area contributed by atoms with E-state index in [9.17, 15) is 4.79 Å². The Morgan fingerprint density at radius 1 is 1.32 bits per heavy atom. The Kier molecular flexibility index (Phi) is 5.64. The number of amides is 1. The molecule has 6 nitrogen and oxygen atoms in total. The molecule has 0 radical (unpaired) electrons. The Morgan fingerprint density at radius 3 is 2.48 bits per heavy atom. The van der Waals surface area contributed by atoms with Gasteiger partial charge in [-0.2, -0.15) is 0 Å². The van der Waals surface area contributed by atoms with Gasteiger partial charge in [-0.05, 0) is 65.7 Å². The molecule has 1 amide bonds. The predicted octanol–water partition coefficient (Wildman–Crippen LogP) is 3.12.